The summed E-state index contributed by atoms with van der Waals surface area (Å²) in [7, 11) is 1.71. The van der Waals surface area contributed by atoms with Crippen molar-refractivity contribution in [3.8, 4) is 0 Å². The Kier molecular flexibility index (Phi) is 3.51. The predicted octanol–water partition coefficient (Wildman–Crippen LogP) is 2.30. The molecular formula is C12H20O2. The SMILES string of the molecule is C=CC1=C(C)CC[C@H](OC)[C@]1(C)CO. The van der Waals surface area contributed by atoms with Crippen LogP contribution in [-0.2, 0) is 4.74 Å². The smallest absolute Gasteiger partial charge is 0.0690 e. The largest absolute Gasteiger partial charge is 0.395 e. The average molecular weight is 196 g/mol. The number of hydrogen-bond acceptors (Lipinski definition) is 2. The van der Waals surface area contributed by atoms with Gasteiger partial charge in [0.05, 0.1) is 12.7 Å². The third-order valence-corrected chi connectivity index (χ3v) is 3.38. The van der Waals surface area contributed by atoms with Crippen LogP contribution < -0.4 is 0 Å². The summed E-state index contributed by atoms with van der Waals surface area (Å²) in [5.74, 6) is 0. The van der Waals surface area contributed by atoms with E-state index >= 15 is 0 Å². The molecule has 80 valence electrons. The van der Waals surface area contributed by atoms with Crippen LogP contribution in [0.1, 0.15) is 26.7 Å². The first-order valence-electron chi connectivity index (χ1n) is 5.06. The molecule has 0 saturated heterocycles. The van der Waals surface area contributed by atoms with E-state index in [1.54, 1.807) is 7.11 Å². The van der Waals surface area contributed by atoms with Gasteiger partial charge in [-0.2, -0.15) is 0 Å². The monoisotopic (exact) mass is 196 g/mol. The van der Waals surface area contributed by atoms with Gasteiger partial charge < -0.3 is 9.84 Å². The van der Waals surface area contributed by atoms with E-state index < -0.39 is 0 Å². The Balaban J connectivity index is 3.12. The molecule has 2 nitrogen and oxygen atoms in total. The second kappa shape index (κ2) is 4.28. The normalized spacial score (nSPS) is 33.3. The highest BCUT2D eigenvalue weighted by atomic mass is 16.5. The number of aliphatic hydroxyl groups is 1. The minimum absolute atomic E-state index is 0.101. The van der Waals surface area contributed by atoms with Gasteiger partial charge in [0.2, 0.25) is 0 Å². The van der Waals surface area contributed by atoms with Crippen LogP contribution in [0.3, 0.4) is 0 Å². The summed E-state index contributed by atoms with van der Waals surface area (Å²) in [5, 5.41) is 9.51. The van der Waals surface area contributed by atoms with Gasteiger partial charge >= 0.3 is 0 Å². The van der Waals surface area contributed by atoms with E-state index in [0.717, 1.165) is 18.4 Å². The third kappa shape index (κ3) is 1.64. The minimum Gasteiger partial charge on any atom is -0.395 e. The van der Waals surface area contributed by atoms with E-state index in [1.165, 1.54) is 5.57 Å². The first-order valence-corrected chi connectivity index (χ1v) is 5.06. The molecule has 1 aliphatic carbocycles. The molecule has 0 heterocycles. The Bertz CT molecular complexity index is 255. The molecule has 0 saturated carbocycles. The molecule has 0 fully saturated rings. The zero-order chi connectivity index (χ0) is 10.8. The number of aliphatic hydroxyl groups excluding tert-OH is 1. The molecule has 1 N–H and O–H groups in total. The van der Waals surface area contributed by atoms with E-state index in [2.05, 4.69) is 13.5 Å². The number of hydrogen-bond donors (Lipinski definition) is 1. The first kappa shape index (κ1) is 11.5. The maximum atomic E-state index is 9.51. The number of ether oxygens (including phenoxy) is 1. The number of rotatable bonds is 3. The van der Waals surface area contributed by atoms with Crippen LogP contribution in [0.2, 0.25) is 0 Å². The van der Waals surface area contributed by atoms with Gasteiger partial charge in [-0.1, -0.05) is 25.2 Å². The third-order valence-electron chi connectivity index (χ3n) is 3.38. The summed E-state index contributed by atoms with van der Waals surface area (Å²) in [6, 6.07) is 0. The lowest BCUT2D eigenvalue weighted by atomic mass is 9.69. The molecule has 0 aromatic carbocycles. The topological polar surface area (TPSA) is 29.5 Å². The Morgan fingerprint density at radius 1 is 1.71 bits per heavy atom. The van der Waals surface area contributed by atoms with Gasteiger partial charge in [-0.25, -0.2) is 0 Å². The van der Waals surface area contributed by atoms with Crippen LogP contribution in [0.5, 0.6) is 0 Å². The lowest BCUT2D eigenvalue weighted by Gasteiger charge is -2.41. The van der Waals surface area contributed by atoms with Crippen molar-refractivity contribution in [1.82, 2.24) is 0 Å². The van der Waals surface area contributed by atoms with Crippen molar-refractivity contribution in [1.29, 1.82) is 0 Å². The molecule has 0 amide bonds. The van der Waals surface area contributed by atoms with Gasteiger partial charge in [0.1, 0.15) is 0 Å². The van der Waals surface area contributed by atoms with Gasteiger partial charge in [-0.3, -0.25) is 0 Å². The first-order chi connectivity index (χ1) is 6.60. The van der Waals surface area contributed by atoms with Crippen LogP contribution in [0, 0.1) is 5.41 Å². The Morgan fingerprint density at radius 3 is 2.79 bits per heavy atom. The van der Waals surface area contributed by atoms with Gasteiger partial charge in [0.15, 0.2) is 0 Å². The predicted molar refractivity (Wildman–Crippen MR) is 58.1 cm³/mol. The highest BCUT2D eigenvalue weighted by molar-refractivity contribution is 5.34. The van der Waals surface area contributed by atoms with E-state index in [9.17, 15) is 5.11 Å². The van der Waals surface area contributed by atoms with E-state index in [-0.39, 0.29) is 18.1 Å². The van der Waals surface area contributed by atoms with Gasteiger partial charge in [-0.15, -0.1) is 0 Å². The van der Waals surface area contributed by atoms with Crippen molar-refractivity contribution in [2.24, 2.45) is 5.41 Å². The molecule has 2 heteroatoms. The molecule has 1 rings (SSSR count). The highest BCUT2D eigenvalue weighted by Crippen LogP contribution is 2.42. The van der Waals surface area contributed by atoms with Crippen LogP contribution in [0.4, 0.5) is 0 Å². The molecule has 0 radical (unpaired) electrons. The van der Waals surface area contributed by atoms with E-state index in [0.29, 0.717) is 0 Å². The zero-order valence-electron chi connectivity index (χ0n) is 9.34. The fourth-order valence-corrected chi connectivity index (χ4v) is 2.43. The van der Waals surface area contributed by atoms with Gasteiger partial charge in [-0.05, 0) is 25.3 Å². The summed E-state index contributed by atoms with van der Waals surface area (Å²) in [5.41, 5.74) is 2.20. The standard InChI is InChI=1S/C12H20O2/c1-5-10-9(2)6-7-11(14-4)12(10,3)8-13/h5,11,13H,1,6-8H2,2-4H3/t11-,12+/m0/s1. The van der Waals surface area contributed by atoms with Crippen molar-refractivity contribution in [2.75, 3.05) is 13.7 Å². The fraction of sp³-hybridized carbons (Fsp3) is 0.667. The molecule has 0 bridgehead atoms. The van der Waals surface area contributed by atoms with Gasteiger partial charge in [0.25, 0.3) is 0 Å². The summed E-state index contributed by atoms with van der Waals surface area (Å²) in [6.07, 6.45) is 3.98. The average Bonchev–Trinajstić information content (AvgIpc) is 2.18. The quantitative estimate of drug-likeness (QED) is 0.750. The molecule has 0 aromatic heterocycles. The van der Waals surface area contributed by atoms with Crippen molar-refractivity contribution < 1.29 is 9.84 Å². The fourth-order valence-electron chi connectivity index (χ4n) is 2.43. The Morgan fingerprint density at radius 2 is 2.36 bits per heavy atom. The Hall–Kier alpha value is -0.600. The summed E-state index contributed by atoms with van der Waals surface area (Å²) in [6.45, 7) is 8.09. The highest BCUT2D eigenvalue weighted by Gasteiger charge is 2.39. The molecule has 2 atom stereocenters. The molecule has 0 aromatic rings. The van der Waals surface area contributed by atoms with Crippen LogP contribution in [0.15, 0.2) is 23.8 Å². The van der Waals surface area contributed by atoms with Crippen LogP contribution >= 0.6 is 0 Å². The minimum atomic E-state index is -0.279. The molecule has 14 heavy (non-hydrogen) atoms. The second-order valence-corrected chi connectivity index (χ2v) is 4.24. The van der Waals surface area contributed by atoms with Crippen molar-refractivity contribution in [3.05, 3.63) is 23.8 Å². The zero-order valence-corrected chi connectivity index (χ0v) is 9.34. The van der Waals surface area contributed by atoms with Crippen molar-refractivity contribution in [3.63, 3.8) is 0 Å². The van der Waals surface area contributed by atoms with Crippen LogP contribution in [-0.4, -0.2) is 24.9 Å². The van der Waals surface area contributed by atoms with Gasteiger partial charge in [0, 0.05) is 12.5 Å². The molecule has 0 spiro atoms. The van der Waals surface area contributed by atoms with Crippen LogP contribution in [0.25, 0.3) is 0 Å². The lowest BCUT2D eigenvalue weighted by molar-refractivity contribution is -0.0220. The van der Waals surface area contributed by atoms with E-state index in [4.69, 9.17) is 4.74 Å². The Labute approximate surface area is 86.3 Å². The molecule has 0 aliphatic heterocycles. The maximum absolute atomic E-state index is 9.51. The van der Waals surface area contributed by atoms with Crippen molar-refractivity contribution in [2.45, 2.75) is 32.8 Å². The molecule has 1 aliphatic rings. The van der Waals surface area contributed by atoms with Crippen molar-refractivity contribution >= 4 is 0 Å². The van der Waals surface area contributed by atoms with E-state index in [1.807, 2.05) is 13.0 Å². The summed E-state index contributed by atoms with van der Waals surface area (Å²) < 4.78 is 5.44. The molecular weight excluding hydrogens is 176 g/mol. The summed E-state index contributed by atoms with van der Waals surface area (Å²) >= 11 is 0. The lowest BCUT2D eigenvalue weighted by Crippen LogP contribution is -2.41. The summed E-state index contributed by atoms with van der Waals surface area (Å²) in [4.78, 5) is 0. The maximum Gasteiger partial charge on any atom is 0.0690 e. The second-order valence-electron chi connectivity index (χ2n) is 4.24. The number of methoxy groups -OCH3 is 1. The molecule has 0 unspecified atom stereocenters. The number of allylic oxidation sites excluding steroid dienone is 2.